The van der Waals surface area contributed by atoms with Crippen molar-refractivity contribution in [3.63, 3.8) is 0 Å². The number of hydrogen-bond donors (Lipinski definition) is 2. The van der Waals surface area contributed by atoms with Gasteiger partial charge >= 0.3 is 5.97 Å². The number of aryl methyl sites for hydroxylation is 1. The van der Waals surface area contributed by atoms with Gasteiger partial charge in [0, 0.05) is 36.6 Å². The minimum Gasteiger partial charge on any atom is -0.493 e. The summed E-state index contributed by atoms with van der Waals surface area (Å²) in [7, 11) is 0. The Labute approximate surface area is 196 Å². The molecule has 0 bridgehead atoms. The summed E-state index contributed by atoms with van der Waals surface area (Å²) in [4.78, 5) is 13.4. The van der Waals surface area contributed by atoms with E-state index in [4.69, 9.17) is 21.4 Å². The van der Waals surface area contributed by atoms with Crippen LogP contribution in [0, 0.1) is 5.92 Å². The van der Waals surface area contributed by atoms with Gasteiger partial charge in [-0.3, -0.25) is 9.69 Å². The van der Waals surface area contributed by atoms with Crippen molar-refractivity contribution in [1.82, 2.24) is 10.2 Å². The number of carbonyl (C=O) groups is 1. The maximum absolute atomic E-state index is 10.9. The maximum atomic E-state index is 10.9. The van der Waals surface area contributed by atoms with Crippen LogP contribution in [0.1, 0.15) is 44.2 Å². The number of nitrogens with zero attached hydrogens (tertiary/aromatic N) is 1. The second kappa shape index (κ2) is 12.2. The molecule has 0 saturated carbocycles. The largest absolute Gasteiger partial charge is 0.493 e. The summed E-state index contributed by atoms with van der Waals surface area (Å²) in [6.07, 6.45) is 2.66. The van der Waals surface area contributed by atoms with Gasteiger partial charge < -0.3 is 15.2 Å². The van der Waals surface area contributed by atoms with Crippen molar-refractivity contribution < 1.29 is 14.6 Å². The Morgan fingerprint density at radius 2 is 1.94 bits per heavy atom. The van der Waals surface area contributed by atoms with E-state index >= 15 is 0 Å². The van der Waals surface area contributed by atoms with E-state index in [9.17, 15) is 4.79 Å². The average molecular weight is 459 g/mol. The van der Waals surface area contributed by atoms with E-state index < -0.39 is 5.97 Å². The van der Waals surface area contributed by atoms with Gasteiger partial charge in [-0.15, -0.1) is 0 Å². The fraction of sp³-hybridized carbons (Fsp3) is 0.500. The molecule has 2 aromatic rings. The summed E-state index contributed by atoms with van der Waals surface area (Å²) in [6.45, 7) is 8.22. The molecule has 5 nitrogen and oxygen atoms in total. The third-order valence-corrected chi connectivity index (χ3v) is 6.54. The maximum Gasteiger partial charge on any atom is 0.303 e. The number of hydrogen-bond acceptors (Lipinski definition) is 4. The molecule has 0 radical (unpaired) electrons. The molecule has 6 heteroatoms. The molecule has 1 fully saturated rings. The Morgan fingerprint density at radius 1 is 1.19 bits per heavy atom. The molecule has 2 N–H and O–H groups in total. The molecule has 1 aliphatic rings. The Kier molecular flexibility index (Phi) is 9.39. The van der Waals surface area contributed by atoms with E-state index in [-0.39, 0.29) is 6.42 Å². The SMILES string of the molecule is C[C@@H]1CN(Cc2ccc(Cl)cc2)[C@H](C)C[C@@H]1NCCCOc1ccccc1CCC(=O)O. The number of ether oxygens (including phenoxy) is 1. The lowest BCUT2D eigenvalue weighted by atomic mass is 9.89. The van der Waals surface area contributed by atoms with Crippen LogP contribution in [0.2, 0.25) is 5.02 Å². The summed E-state index contributed by atoms with van der Waals surface area (Å²) in [5.74, 6) is 0.592. The molecule has 2 aromatic carbocycles. The van der Waals surface area contributed by atoms with E-state index in [1.807, 2.05) is 36.4 Å². The van der Waals surface area contributed by atoms with Crippen LogP contribution in [0.5, 0.6) is 5.75 Å². The zero-order valence-corrected chi connectivity index (χ0v) is 19.9. The van der Waals surface area contributed by atoms with Gasteiger partial charge in [-0.25, -0.2) is 0 Å². The second-order valence-corrected chi connectivity index (χ2v) is 9.32. The molecule has 0 aromatic heterocycles. The first-order valence-electron chi connectivity index (χ1n) is 11.6. The zero-order valence-electron chi connectivity index (χ0n) is 19.1. The van der Waals surface area contributed by atoms with Gasteiger partial charge in [-0.05, 0) is 68.0 Å². The summed E-state index contributed by atoms with van der Waals surface area (Å²) < 4.78 is 5.95. The first kappa shape index (κ1) is 24.6. The van der Waals surface area contributed by atoms with Gasteiger partial charge in [-0.2, -0.15) is 0 Å². The highest BCUT2D eigenvalue weighted by atomic mass is 35.5. The van der Waals surface area contributed by atoms with Crippen molar-refractivity contribution in [1.29, 1.82) is 0 Å². The highest BCUT2D eigenvalue weighted by Gasteiger charge is 2.30. The third kappa shape index (κ3) is 7.51. The Hall–Kier alpha value is -2.08. The molecule has 0 spiro atoms. The first-order valence-corrected chi connectivity index (χ1v) is 11.9. The molecule has 1 aliphatic heterocycles. The van der Waals surface area contributed by atoms with E-state index in [0.29, 0.717) is 31.0 Å². The van der Waals surface area contributed by atoms with Gasteiger partial charge in [-0.1, -0.05) is 48.9 Å². The van der Waals surface area contributed by atoms with Crippen LogP contribution in [0.25, 0.3) is 0 Å². The smallest absolute Gasteiger partial charge is 0.303 e. The van der Waals surface area contributed by atoms with Crippen LogP contribution in [0.3, 0.4) is 0 Å². The molecule has 32 heavy (non-hydrogen) atoms. The molecule has 3 atom stereocenters. The molecule has 3 rings (SSSR count). The minimum absolute atomic E-state index is 0.120. The summed E-state index contributed by atoms with van der Waals surface area (Å²) in [5.41, 5.74) is 2.26. The quantitative estimate of drug-likeness (QED) is 0.463. The van der Waals surface area contributed by atoms with Crippen LogP contribution in [-0.4, -0.2) is 47.8 Å². The number of benzene rings is 2. The minimum atomic E-state index is -0.786. The second-order valence-electron chi connectivity index (χ2n) is 8.88. The molecular weight excluding hydrogens is 424 g/mol. The highest BCUT2D eigenvalue weighted by molar-refractivity contribution is 6.30. The van der Waals surface area contributed by atoms with Crippen LogP contribution < -0.4 is 10.1 Å². The van der Waals surface area contributed by atoms with Gasteiger partial charge in [0.2, 0.25) is 0 Å². The normalized spacial score (nSPS) is 21.4. The van der Waals surface area contributed by atoms with Crippen LogP contribution >= 0.6 is 11.6 Å². The molecule has 1 heterocycles. The molecule has 174 valence electrons. The predicted octanol–water partition coefficient (Wildman–Crippen LogP) is 5.01. The number of carboxylic acid groups (broad SMARTS) is 1. The summed E-state index contributed by atoms with van der Waals surface area (Å²) >= 11 is 6.01. The number of carboxylic acids is 1. The van der Waals surface area contributed by atoms with Crippen molar-refractivity contribution in [3.8, 4) is 5.75 Å². The van der Waals surface area contributed by atoms with Crippen molar-refractivity contribution in [2.45, 2.75) is 58.2 Å². The molecule has 0 aliphatic carbocycles. The fourth-order valence-electron chi connectivity index (χ4n) is 4.39. The van der Waals surface area contributed by atoms with E-state index in [0.717, 1.165) is 48.8 Å². The number of likely N-dealkylation sites (tertiary alicyclic amines) is 1. The standard InChI is InChI=1S/C26H35ClN2O3/c1-19-17-29(18-21-8-11-23(27)12-9-21)20(2)16-24(19)28-14-5-15-32-25-7-4-3-6-22(25)10-13-26(30)31/h3-4,6-9,11-12,19-20,24,28H,5,10,13-18H2,1-2H3,(H,30,31)/t19-,20-,24+/m1/s1. The Bertz CT molecular complexity index is 858. The molecular formula is C26H35ClN2O3. The zero-order chi connectivity index (χ0) is 22.9. The number of piperidine rings is 1. The van der Waals surface area contributed by atoms with Crippen molar-refractivity contribution >= 4 is 17.6 Å². The number of nitrogens with one attached hydrogen (secondary N) is 1. The first-order chi connectivity index (χ1) is 15.4. The fourth-order valence-corrected chi connectivity index (χ4v) is 4.52. The average Bonchev–Trinajstić information content (AvgIpc) is 2.77. The van der Waals surface area contributed by atoms with Gasteiger partial charge in [0.1, 0.15) is 5.75 Å². The predicted molar refractivity (Wildman–Crippen MR) is 129 cm³/mol. The number of halogens is 1. The number of rotatable bonds is 11. The van der Waals surface area contributed by atoms with Crippen LogP contribution in [0.15, 0.2) is 48.5 Å². The van der Waals surface area contributed by atoms with Crippen LogP contribution in [0.4, 0.5) is 0 Å². The molecule has 0 unspecified atom stereocenters. The number of para-hydroxylation sites is 1. The molecule has 1 saturated heterocycles. The van der Waals surface area contributed by atoms with Crippen LogP contribution in [-0.2, 0) is 17.8 Å². The Morgan fingerprint density at radius 3 is 2.69 bits per heavy atom. The molecule has 0 amide bonds. The topological polar surface area (TPSA) is 61.8 Å². The van der Waals surface area contributed by atoms with Crippen molar-refractivity contribution in [3.05, 3.63) is 64.7 Å². The monoisotopic (exact) mass is 458 g/mol. The lowest BCUT2D eigenvalue weighted by molar-refractivity contribution is -0.136. The Balaban J connectivity index is 1.39. The van der Waals surface area contributed by atoms with Gasteiger partial charge in [0.25, 0.3) is 0 Å². The van der Waals surface area contributed by atoms with E-state index in [1.165, 1.54) is 5.56 Å². The summed E-state index contributed by atoms with van der Waals surface area (Å²) in [5, 5.41) is 13.4. The van der Waals surface area contributed by atoms with Gasteiger partial charge in [0.05, 0.1) is 6.61 Å². The van der Waals surface area contributed by atoms with Gasteiger partial charge in [0.15, 0.2) is 0 Å². The third-order valence-electron chi connectivity index (χ3n) is 6.29. The lowest BCUT2D eigenvalue weighted by Gasteiger charge is -2.42. The number of aliphatic carboxylic acids is 1. The van der Waals surface area contributed by atoms with E-state index in [1.54, 1.807) is 0 Å². The van der Waals surface area contributed by atoms with Crippen molar-refractivity contribution in [2.24, 2.45) is 5.92 Å². The van der Waals surface area contributed by atoms with E-state index in [2.05, 4.69) is 36.2 Å². The highest BCUT2D eigenvalue weighted by Crippen LogP contribution is 2.25. The van der Waals surface area contributed by atoms with Crippen molar-refractivity contribution in [2.75, 3.05) is 19.7 Å². The lowest BCUT2D eigenvalue weighted by Crippen LogP contribution is -2.52. The summed E-state index contributed by atoms with van der Waals surface area (Å²) in [6, 6.07) is 16.9.